The molecule has 0 bridgehead atoms. The second-order valence-corrected chi connectivity index (χ2v) is 5.11. The molecule has 0 rings (SSSR count). The normalized spacial score (nSPS) is 16.3. The van der Waals surface area contributed by atoms with Gasteiger partial charge < -0.3 is 0 Å². The lowest BCUT2D eigenvalue weighted by molar-refractivity contribution is -0.122. The van der Waals surface area contributed by atoms with Gasteiger partial charge in [-0.3, -0.25) is 9.79 Å². The number of rotatable bonds is 7. The molecule has 0 N–H and O–H groups in total. The van der Waals surface area contributed by atoms with E-state index in [2.05, 4.69) is 32.7 Å². The van der Waals surface area contributed by atoms with E-state index >= 15 is 0 Å². The molecule has 0 aliphatic heterocycles. The van der Waals surface area contributed by atoms with Gasteiger partial charge in [0.1, 0.15) is 5.78 Å². The van der Waals surface area contributed by atoms with Crippen LogP contribution in [0.5, 0.6) is 0 Å². The van der Waals surface area contributed by atoms with Crippen LogP contribution in [0, 0.1) is 17.8 Å². The Morgan fingerprint density at radius 1 is 1.19 bits per heavy atom. The first kappa shape index (κ1) is 15.3. The first-order valence-corrected chi connectivity index (χ1v) is 6.37. The summed E-state index contributed by atoms with van der Waals surface area (Å²) in [7, 11) is 1.83. The van der Waals surface area contributed by atoms with E-state index in [0.29, 0.717) is 17.6 Å². The van der Waals surface area contributed by atoms with Crippen molar-refractivity contribution in [3.63, 3.8) is 0 Å². The maximum Gasteiger partial charge on any atom is 0.133 e. The lowest BCUT2D eigenvalue weighted by Crippen LogP contribution is -2.28. The molecular weight excluding hydrogens is 198 g/mol. The Kier molecular flexibility index (Phi) is 7.27. The van der Waals surface area contributed by atoms with Gasteiger partial charge in [0.2, 0.25) is 0 Å². The Labute approximate surface area is 101 Å². The van der Waals surface area contributed by atoms with Crippen molar-refractivity contribution in [2.45, 2.75) is 53.9 Å². The second-order valence-electron chi connectivity index (χ2n) is 5.11. The molecule has 0 aliphatic rings. The first-order chi connectivity index (χ1) is 7.43. The zero-order valence-corrected chi connectivity index (χ0v) is 11.7. The van der Waals surface area contributed by atoms with E-state index in [1.807, 2.05) is 7.05 Å². The molecule has 0 heterocycles. The minimum atomic E-state index is 0.163. The molecule has 0 aliphatic carbocycles. The predicted octanol–water partition coefficient (Wildman–Crippen LogP) is 3.74. The molecule has 0 unspecified atom stereocenters. The SMILES string of the molecule is CCC[C@H](C(C)=O)[C@H](CC(C)C)C(C)=NC. The van der Waals surface area contributed by atoms with Gasteiger partial charge >= 0.3 is 0 Å². The molecule has 0 fully saturated rings. The Morgan fingerprint density at radius 2 is 1.75 bits per heavy atom. The Balaban J connectivity index is 4.88. The second kappa shape index (κ2) is 7.59. The van der Waals surface area contributed by atoms with Crippen LogP contribution in [0.25, 0.3) is 0 Å². The maximum absolute atomic E-state index is 11.7. The van der Waals surface area contributed by atoms with E-state index in [-0.39, 0.29) is 5.92 Å². The number of hydrogen-bond donors (Lipinski definition) is 0. The van der Waals surface area contributed by atoms with Crippen LogP contribution in [0.4, 0.5) is 0 Å². The van der Waals surface area contributed by atoms with E-state index in [4.69, 9.17) is 0 Å². The number of ketones is 1. The number of aliphatic imine (C=N–C) groups is 1. The number of nitrogens with zero attached hydrogens (tertiary/aromatic N) is 1. The summed E-state index contributed by atoms with van der Waals surface area (Å²) >= 11 is 0. The van der Waals surface area contributed by atoms with Crippen LogP contribution < -0.4 is 0 Å². The van der Waals surface area contributed by atoms with Crippen molar-refractivity contribution in [2.75, 3.05) is 7.05 Å². The van der Waals surface area contributed by atoms with Gasteiger partial charge in [0.25, 0.3) is 0 Å². The van der Waals surface area contributed by atoms with Crippen LogP contribution in [0.3, 0.4) is 0 Å². The monoisotopic (exact) mass is 225 g/mol. The molecule has 2 heteroatoms. The van der Waals surface area contributed by atoms with Gasteiger partial charge in [-0.2, -0.15) is 0 Å². The summed E-state index contributed by atoms with van der Waals surface area (Å²) in [5, 5.41) is 0. The first-order valence-electron chi connectivity index (χ1n) is 6.37. The highest BCUT2D eigenvalue weighted by atomic mass is 16.1. The molecule has 94 valence electrons. The molecule has 2 atom stereocenters. The predicted molar refractivity (Wildman–Crippen MR) is 71.1 cm³/mol. The average molecular weight is 225 g/mol. The minimum Gasteiger partial charge on any atom is -0.300 e. The summed E-state index contributed by atoms with van der Waals surface area (Å²) in [5.74, 6) is 1.43. The highest BCUT2D eigenvalue weighted by molar-refractivity contribution is 5.90. The molecule has 0 aromatic rings. The number of carbonyl (C=O) groups is 1. The topological polar surface area (TPSA) is 29.4 Å². The Bertz CT molecular complexity index is 243. The lowest BCUT2D eigenvalue weighted by atomic mass is 9.78. The molecule has 0 aromatic carbocycles. The molecule has 0 aromatic heterocycles. The van der Waals surface area contributed by atoms with Crippen molar-refractivity contribution in [2.24, 2.45) is 22.7 Å². The lowest BCUT2D eigenvalue weighted by Gasteiger charge is -2.26. The van der Waals surface area contributed by atoms with Crippen molar-refractivity contribution in [3.8, 4) is 0 Å². The van der Waals surface area contributed by atoms with Crippen molar-refractivity contribution in [1.82, 2.24) is 0 Å². The average Bonchev–Trinajstić information content (AvgIpc) is 2.21. The molecular formula is C14H27NO. The number of hydrogen-bond acceptors (Lipinski definition) is 2. The van der Waals surface area contributed by atoms with Crippen LogP contribution in [0.15, 0.2) is 4.99 Å². The standard InChI is InChI=1S/C14H27NO/c1-7-8-13(12(5)16)14(9-10(2)3)11(4)15-6/h10,13-14H,7-9H2,1-6H3/t13-,14-/m1/s1. The van der Waals surface area contributed by atoms with Crippen LogP contribution in [-0.4, -0.2) is 18.5 Å². The highest BCUT2D eigenvalue weighted by Gasteiger charge is 2.27. The molecule has 0 amide bonds. The zero-order valence-electron chi connectivity index (χ0n) is 11.7. The van der Waals surface area contributed by atoms with E-state index in [1.165, 1.54) is 0 Å². The van der Waals surface area contributed by atoms with Gasteiger partial charge in [-0.25, -0.2) is 0 Å². The maximum atomic E-state index is 11.7. The molecule has 2 nitrogen and oxygen atoms in total. The van der Waals surface area contributed by atoms with E-state index < -0.39 is 0 Å². The van der Waals surface area contributed by atoms with E-state index in [9.17, 15) is 4.79 Å². The van der Waals surface area contributed by atoms with Gasteiger partial charge in [0.05, 0.1) is 0 Å². The third-order valence-electron chi connectivity index (χ3n) is 3.22. The molecule has 0 saturated heterocycles. The largest absolute Gasteiger partial charge is 0.300 e. The van der Waals surface area contributed by atoms with Crippen LogP contribution in [0.2, 0.25) is 0 Å². The van der Waals surface area contributed by atoms with Crippen LogP contribution in [-0.2, 0) is 4.79 Å². The molecule has 0 spiro atoms. The highest BCUT2D eigenvalue weighted by Crippen LogP contribution is 2.27. The smallest absolute Gasteiger partial charge is 0.133 e. The fraction of sp³-hybridized carbons (Fsp3) is 0.857. The van der Waals surface area contributed by atoms with Crippen molar-refractivity contribution < 1.29 is 4.79 Å². The summed E-state index contributed by atoms with van der Waals surface area (Å²) < 4.78 is 0. The van der Waals surface area contributed by atoms with Gasteiger partial charge in [-0.05, 0) is 32.6 Å². The van der Waals surface area contributed by atoms with E-state index in [1.54, 1.807) is 6.92 Å². The summed E-state index contributed by atoms with van der Waals surface area (Å²) in [6.45, 7) is 10.3. The third-order valence-corrected chi connectivity index (χ3v) is 3.22. The molecule has 0 saturated carbocycles. The summed E-state index contributed by atoms with van der Waals surface area (Å²) in [4.78, 5) is 16.0. The van der Waals surface area contributed by atoms with Crippen molar-refractivity contribution >= 4 is 11.5 Å². The summed E-state index contributed by atoms with van der Waals surface area (Å²) in [6, 6.07) is 0. The third kappa shape index (κ3) is 4.91. The fourth-order valence-corrected chi connectivity index (χ4v) is 2.30. The fourth-order valence-electron chi connectivity index (χ4n) is 2.30. The van der Waals surface area contributed by atoms with E-state index in [0.717, 1.165) is 25.0 Å². The van der Waals surface area contributed by atoms with Gasteiger partial charge in [0, 0.05) is 24.6 Å². The summed E-state index contributed by atoms with van der Waals surface area (Å²) in [5.41, 5.74) is 1.13. The van der Waals surface area contributed by atoms with Crippen molar-refractivity contribution in [1.29, 1.82) is 0 Å². The van der Waals surface area contributed by atoms with Crippen molar-refractivity contribution in [3.05, 3.63) is 0 Å². The Morgan fingerprint density at radius 3 is 2.06 bits per heavy atom. The minimum absolute atomic E-state index is 0.163. The Hall–Kier alpha value is -0.660. The van der Waals surface area contributed by atoms with Gasteiger partial charge in [-0.1, -0.05) is 27.2 Å². The zero-order chi connectivity index (χ0) is 12.7. The quantitative estimate of drug-likeness (QED) is 0.607. The number of carbonyl (C=O) groups excluding carboxylic acids is 1. The van der Waals surface area contributed by atoms with Gasteiger partial charge in [-0.15, -0.1) is 0 Å². The van der Waals surface area contributed by atoms with Crippen LogP contribution >= 0.6 is 0 Å². The molecule has 16 heavy (non-hydrogen) atoms. The molecule has 0 radical (unpaired) electrons. The number of Topliss-reactive ketones (excluding diaryl/α,β-unsaturated/α-hetero) is 1. The van der Waals surface area contributed by atoms with Crippen LogP contribution in [0.1, 0.15) is 53.9 Å². The summed E-state index contributed by atoms with van der Waals surface area (Å²) in [6.07, 6.45) is 3.11. The van der Waals surface area contributed by atoms with Gasteiger partial charge in [0.15, 0.2) is 0 Å².